The summed E-state index contributed by atoms with van der Waals surface area (Å²) in [7, 11) is 3.95. The maximum absolute atomic E-state index is 11.8. The van der Waals surface area contributed by atoms with Gasteiger partial charge >= 0.3 is 0 Å². The number of nitrogens with zero attached hydrogens (tertiary/aromatic N) is 1. The summed E-state index contributed by atoms with van der Waals surface area (Å²) in [4.78, 5) is 24.8. The van der Waals surface area contributed by atoms with Gasteiger partial charge in [-0.3, -0.25) is 14.9 Å². The first-order valence-electron chi connectivity index (χ1n) is 5.78. The third kappa shape index (κ3) is 3.98. The van der Waals surface area contributed by atoms with Crippen LogP contribution in [0.1, 0.15) is 13.8 Å². The van der Waals surface area contributed by atoms with Crippen LogP contribution in [0.15, 0.2) is 0 Å². The molecule has 0 saturated carbocycles. The van der Waals surface area contributed by atoms with Gasteiger partial charge in [-0.1, -0.05) is 0 Å². The molecule has 1 heterocycles. The van der Waals surface area contributed by atoms with Crippen LogP contribution in [-0.2, 0) is 9.59 Å². The summed E-state index contributed by atoms with van der Waals surface area (Å²) in [5, 5.41) is 8.45. The molecular weight excluding hydrogens is 220 g/mol. The number of hydrogen-bond donors (Lipinski definition) is 3. The first-order chi connectivity index (χ1) is 7.83. The van der Waals surface area contributed by atoms with Gasteiger partial charge in [-0.05, 0) is 27.9 Å². The molecule has 0 aromatic rings. The Morgan fingerprint density at radius 1 is 1.53 bits per heavy atom. The molecule has 1 unspecified atom stereocenters. The highest BCUT2D eigenvalue weighted by Gasteiger charge is 2.26. The van der Waals surface area contributed by atoms with Crippen molar-refractivity contribution in [3.63, 3.8) is 0 Å². The second-order valence-electron chi connectivity index (χ2n) is 5.16. The fourth-order valence-electron chi connectivity index (χ4n) is 1.34. The summed E-state index contributed by atoms with van der Waals surface area (Å²) in [5.41, 5.74) is -0.0897. The minimum absolute atomic E-state index is 0.0670. The van der Waals surface area contributed by atoms with Crippen LogP contribution in [0.2, 0.25) is 0 Å². The highest BCUT2D eigenvalue weighted by atomic mass is 16.2. The van der Waals surface area contributed by atoms with Crippen molar-refractivity contribution in [2.24, 2.45) is 0 Å². The van der Waals surface area contributed by atoms with E-state index in [1.807, 2.05) is 14.1 Å². The lowest BCUT2D eigenvalue weighted by atomic mass is 10.0. The van der Waals surface area contributed by atoms with Gasteiger partial charge in [-0.25, -0.2) is 0 Å². The van der Waals surface area contributed by atoms with Crippen LogP contribution < -0.4 is 16.0 Å². The molecule has 1 aliphatic heterocycles. The van der Waals surface area contributed by atoms with Crippen LogP contribution in [0.5, 0.6) is 0 Å². The number of rotatable bonds is 4. The van der Waals surface area contributed by atoms with E-state index in [2.05, 4.69) is 34.7 Å². The van der Waals surface area contributed by atoms with Crippen molar-refractivity contribution in [3.05, 3.63) is 0 Å². The summed E-state index contributed by atoms with van der Waals surface area (Å²) in [5.74, 6) is -0.136. The molecule has 98 valence electrons. The Morgan fingerprint density at radius 2 is 2.18 bits per heavy atom. The number of nitrogens with one attached hydrogen (secondary N) is 3. The highest BCUT2D eigenvalue weighted by molar-refractivity contribution is 5.86. The molecule has 17 heavy (non-hydrogen) atoms. The molecule has 0 radical (unpaired) electrons. The zero-order valence-electron chi connectivity index (χ0n) is 11.0. The van der Waals surface area contributed by atoms with E-state index in [0.717, 1.165) is 0 Å². The second kappa shape index (κ2) is 5.46. The summed E-state index contributed by atoms with van der Waals surface area (Å²) in [6.07, 6.45) is 0. The average Bonchev–Trinajstić information content (AvgIpc) is 2.27. The Balaban J connectivity index is 2.37. The zero-order valence-corrected chi connectivity index (χ0v) is 11.0. The van der Waals surface area contributed by atoms with Gasteiger partial charge in [-0.15, -0.1) is 0 Å². The molecule has 0 aromatic carbocycles. The molecule has 0 aliphatic carbocycles. The average molecular weight is 242 g/mol. The van der Waals surface area contributed by atoms with Crippen LogP contribution in [0.25, 0.3) is 0 Å². The van der Waals surface area contributed by atoms with Crippen LogP contribution in [0.3, 0.4) is 0 Å². The van der Waals surface area contributed by atoms with Gasteiger partial charge in [0.2, 0.25) is 11.8 Å². The van der Waals surface area contributed by atoms with E-state index in [1.165, 1.54) is 0 Å². The number of piperazine rings is 1. The molecule has 1 aliphatic rings. The standard InChI is InChI=1S/C11H22N4O2/c1-11(2,15(3)4)7-14-10(17)8-5-13-9(16)6-12-8/h8,12H,5-7H2,1-4H3,(H,13,16)(H,14,17). The first kappa shape index (κ1) is 13.9. The molecule has 3 N–H and O–H groups in total. The molecule has 1 fully saturated rings. The van der Waals surface area contributed by atoms with Crippen LogP contribution in [0.4, 0.5) is 0 Å². The number of likely N-dealkylation sites (N-methyl/N-ethyl adjacent to an activating group) is 1. The molecule has 0 bridgehead atoms. The van der Waals surface area contributed by atoms with Gasteiger partial charge in [0.05, 0.1) is 6.54 Å². The summed E-state index contributed by atoms with van der Waals surface area (Å²) in [6, 6.07) is -0.328. The second-order valence-corrected chi connectivity index (χ2v) is 5.16. The monoisotopic (exact) mass is 242 g/mol. The van der Waals surface area contributed by atoms with Gasteiger partial charge in [0.1, 0.15) is 6.04 Å². The van der Waals surface area contributed by atoms with E-state index in [-0.39, 0.29) is 29.9 Å². The molecule has 1 atom stereocenters. The fraction of sp³-hybridized carbons (Fsp3) is 0.818. The number of carbonyl (C=O) groups excluding carboxylic acids is 2. The van der Waals surface area contributed by atoms with Gasteiger partial charge in [-0.2, -0.15) is 0 Å². The molecule has 1 saturated heterocycles. The largest absolute Gasteiger partial charge is 0.353 e. The van der Waals surface area contributed by atoms with Gasteiger partial charge < -0.3 is 15.5 Å². The normalized spacial score (nSPS) is 21.2. The Kier molecular flexibility index (Phi) is 4.47. The number of carbonyl (C=O) groups is 2. The van der Waals surface area contributed by atoms with E-state index < -0.39 is 0 Å². The third-order valence-electron chi connectivity index (χ3n) is 3.23. The number of hydrogen-bond acceptors (Lipinski definition) is 4. The fourth-order valence-corrected chi connectivity index (χ4v) is 1.34. The highest BCUT2D eigenvalue weighted by Crippen LogP contribution is 2.07. The smallest absolute Gasteiger partial charge is 0.239 e. The zero-order chi connectivity index (χ0) is 13.1. The molecule has 0 aromatic heterocycles. The van der Waals surface area contributed by atoms with Crippen molar-refractivity contribution in [1.82, 2.24) is 20.9 Å². The van der Waals surface area contributed by atoms with Gasteiger partial charge in [0, 0.05) is 18.6 Å². The lowest BCUT2D eigenvalue weighted by Gasteiger charge is -2.33. The van der Waals surface area contributed by atoms with Crippen molar-refractivity contribution < 1.29 is 9.59 Å². The maximum atomic E-state index is 11.8. The molecule has 6 heteroatoms. The van der Waals surface area contributed by atoms with Crippen molar-refractivity contribution in [3.8, 4) is 0 Å². The first-order valence-corrected chi connectivity index (χ1v) is 5.78. The molecule has 2 amide bonds. The minimum atomic E-state index is -0.328. The lowest BCUT2D eigenvalue weighted by Crippen LogP contribution is -2.59. The Morgan fingerprint density at radius 3 is 2.65 bits per heavy atom. The topological polar surface area (TPSA) is 73.5 Å². The van der Waals surface area contributed by atoms with Gasteiger partial charge in [0.15, 0.2) is 0 Å². The Hall–Kier alpha value is -1.14. The maximum Gasteiger partial charge on any atom is 0.239 e. The summed E-state index contributed by atoms with van der Waals surface area (Å²) < 4.78 is 0. The van der Waals surface area contributed by atoms with Crippen molar-refractivity contribution in [2.45, 2.75) is 25.4 Å². The van der Waals surface area contributed by atoms with E-state index >= 15 is 0 Å². The van der Waals surface area contributed by atoms with Gasteiger partial charge in [0.25, 0.3) is 0 Å². The van der Waals surface area contributed by atoms with Crippen molar-refractivity contribution >= 4 is 11.8 Å². The Bertz CT molecular complexity index is 292. The molecular formula is C11H22N4O2. The third-order valence-corrected chi connectivity index (χ3v) is 3.23. The van der Waals surface area contributed by atoms with Crippen LogP contribution in [0, 0.1) is 0 Å². The van der Waals surface area contributed by atoms with Crippen molar-refractivity contribution in [2.75, 3.05) is 33.7 Å². The molecule has 1 rings (SSSR count). The predicted octanol–water partition coefficient (Wildman–Crippen LogP) is -1.47. The van der Waals surface area contributed by atoms with E-state index in [1.54, 1.807) is 0 Å². The summed E-state index contributed by atoms with van der Waals surface area (Å²) >= 11 is 0. The van der Waals surface area contributed by atoms with Crippen LogP contribution >= 0.6 is 0 Å². The Labute approximate surface area is 102 Å². The van der Waals surface area contributed by atoms with E-state index in [0.29, 0.717) is 13.1 Å². The summed E-state index contributed by atoms with van der Waals surface area (Å²) in [6.45, 7) is 5.25. The number of amides is 2. The van der Waals surface area contributed by atoms with Crippen LogP contribution in [-0.4, -0.2) is 62.0 Å². The SMILES string of the molecule is CN(C)C(C)(C)CNC(=O)C1CNC(=O)CN1. The van der Waals surface area contributed by atoms with E-state index in [4.69, 9.17) is 0 Å². The predicted molar refractivity (Wildman–Crippen MR) is 65.6 cm³/mol. The lowest BCUT2D eigenvalue weighted by molar-refractivity contribution is -0.126. The molecule has 0 spiro atoms. The van der Waals surface area contributed by atoms with E-state index in [9.17, 15) is 9.59 Å². The molecule has 6 nitrogen and oxygen atoms in total. The quantitative estimate of drug-likeness (QED) is 0.563. The minimum Gasteiger partial charge on any atom is -0.353 e. The van der Waals surface area contributed by atoms with Crippen molar-refractivity contribution in [1.29, 1.82) is 0 Å².